The van der Waals surface area contributed by atoms with Crippen molar-refractivity contribution in [3.05, 3.63) is 54.2 Å². The number of imidazole rings is 1. The second-order valence-corrected chi connectivity index (χ2v) is 5.98. The van der Waals surface area contributed by atoms with Gasteiger partial charge in [0.15, 0.2) is 5.57 Å². The van der Waals surface area contributed by atoms with Crippen molar-refractivity contribution in [2.45, 2.75) is 13.8 Å². The molecular weight excluding hydrogens is 374 g/mol. The number of hydrogen-bond donors (Lipinski definition) is 3. The molecule has 3 aromatic rings. The topological polar surface area (TPSA) is 114 Å². The molecule has 0 aliphatic heterocycles. The first-order valence-electron chi connectivity index (χ1n) is 9.12. The Balaban J connectivity index is 1.84. The van der Waals surface area contributed by atoms with Gasteiger partial charge in [0.25, 0.3) is 0 Å². The molecule has 0 fully saturated rings. The van der Waals surface area contributed by atoms with Crippen LogP contribution in [0.25, 0.3) is 22.4 Å². The molecular formula is C21H21N3O5. The van der Waals surface area contributed by atoms with E-state index in [4.69, 9.17) is 9.47 Å². The molecule has 3 N–H and O–H groups in total. The summed E-state index contributed by atoms with van der Waals surface area (Å²) in [7, 11) is 0. The van der Waals surface area contributed by atoms with Gasteiger partial charge < -0.3 is 24.9 Å². The first kappa shape index (κ1) is 19.9. The lowest BCUT2D eigenvalue weighted by Gasteiger charge is -2.09. The van der Waals surface area contributed by atoms with Crippen LogP contribution in [0.5, 0.6) is 5.75 Å². The standard InChI is InChI=1S/C21H21N3O5/c1-3-28-20(26)15(21(27)29-4-2)12-22-13-9-10-14(18(25)11-13)19-23-16-7-5-6-8-17(16)24-19/h5-12,22,25H,3-4H2,1-2H3,(H,23,24). The van der Waals surface area contributed by atoms with Crippen LogP contribution in [-0.4, -0.2) is 40.2 Å². The number of nitrogens with zero attached hydrogens (tertiary/aromatic N) is 1. The van der Waals surface area contributed by atoms with Crippen molar-refractivity contribution in [1.29, 1.82) is 0 Å². The second-order valence-electron chi connectivity index (χ2n) is 5.98. The number of hydrogen-bond acceptors (Lipinski definition) is 7. The van der Waals surface area contributed by atoms with Crippen molar-refractivity contribution >= 4 is 28.7 Å². The average molecular weight is 395 g/mol. The predicted molar refractivity (Wildman–Crippen MR) is 108 cm³/mol. The van der Waals surface area contributed by atoms with Gasteiger partial charge in [-0.2, -0.15) is 0 Å². The van der Waals surface area contributed by atoms with Gasteiger partial charge in [0.1, 0.15) is 11.6 Å². The highest BCUT2D eigenvalue weighted by Gasteiger charge is 2.21. The van der Waals surface area contributed by atoms with Crippen LogP contribution < -0.4 is 5.32 Å². The molecule has 1 heterocycles. The highest BCUT2D eigenvalue weighted by atomic mass is 16.6. The third-order valence-corrected chi connectivity index (χ3v) is 4.02. The number of aromatic amines is 1. The van der Waals surface area contributed by atoms with E-state index in [0.717, 1.165) is 11.0 Å². The quantitative estimate of drug-likeness (QED) is 0.243. The lowest BCUT2D eigenvalue weighted by atomic mass is 10.1. The van der Waals surface area contributed by atoms with Gasteiger partial charge in [0, 0.05) is 18.0 Å². The maximum Gasteiger partial charge on any atom is 0.347 e. The number of phenols is 1. The summed E-state index contributed by atoms with van der Waals surface area (Å²) in [4.78, 5) is 31.6. The molecule has 0 saturated carbocycles. The number of aromatic nitrogens is 2. The number of carbonyl (C=O) groups is 2. The van der Waals surface area contributed by atoms with Gasteiger partial charge >= 0.3 is 11.9 Å². The number of para-hydroxylation sites is 2. The van der Waals surface area contributed by atoms with Gasteiger partial charge in [0.05, 0.1) is 29.8 Å². The summed E-state index contributed by atoms with van der Waals surface area (Å²) in [5.41, 5.74) is 2.37. The molecule has 0 saturated heterocycles. The normalized spacial score (nSPS) is 10.4. The second kappa shape index (κ2) is 8.92. The number of ether oxygens (including phenoxy) is 2. The first-order chi connectivity index (χ1) is 14.0. The van der Waals surface area contributed by atoms with E-state index in [1.165, 1.54) is 12.3 Å². The zero-order chi connectivity index (χ0) is 20.8. The molecule has 3 rings (SSSR count). The van der Waals surface area contributed by atoms with Gasteiger partial charge in [-0.3, -0.25) is 0 Å². The van der Waals surface area contributed by atoms with Gasteiger partial charge in [-0.15, -0.1) is 0 Å². The molecule has 2 aromatic carbocycles. The monoisotopic (exact) mass is 395 g/mol. The lowest BCUT2D eigenvalue weighted by Crippen LogP contribution is -2.19. The molecule has 0 spiro atoms. The minimum Gasteiger partial charge on any atom is -0.507 e. The molecule has 0 bridgehead atoms. The van der Waals surface area contributed by atoms with E-state index in [1.807, 2.05) is 24.3 Å². The number of fused-ring (bicyclic) bond motifs is 1. The number of carbonyl (C=O) groups excluding carboxylic acids is 2. The summed E-state index contributed by atoms with van der Waals surface area (Å²) in [6, 6.07) is 12.4. The third-order valence-electron chi connectivity index (χ3n) is 4.02. The van der Waals surface area contributed by atoms with E-state index >= 15 is 0 Å². The van der Waals surface area contributed by atoms with Crippen LogP contribution in [-0.2, 0) is 19.1 Å². The Morgan fingerprint density at radius 3 is 2.41 bits per heavy atom. The Bertz CT molecular complexity index is 1020. The van der Waals surface area contributed by atoms with Crippen LogP contribution >= 0.6 is 0 Å². The van der Waals surface area contributed by atoms with E-state index in [1.54, 1.807) is 26.0 Å². The zero-order valence-electron chi connectivity index (χ0n) is 16.1. The molecule has 0 radical (unpaired) electrons. The number of esters is 2. The van der Waals surface area contributed by atoms with E-state index in [2.05, 4.69) is 15.3 Å². The fraction of sp³-hybridized carbons (Fsp3) is 0.190. The van der Waals surface area contributed by atoms with Crippen molar-refractivity contribution in [2.24, 2.45) is 0 Å². The largest absolute Gasteiger partial charge is 0.507 e. The number of nitrogens with one attached hydrogen (secondary N) is 2. The van der Waals surface area contributed by atoms with Crippen LogP contribution in [0.2, 0.25) is 0 Å². The minimum atomic E-state index is -0.790. The average Bonchev–Trinajstić information content (AvgIpc) is 3.12. The van der Waals surface area contributed by atoms with Crippen LogP contribution in [0, 0.1) is 0 Å². The molecule has 0 amide bonds. The predicted octanol–water partition coefficient (Wildman–Crippen LogP) is 3.36. The Hall–Kier alpha value is -3.81. The van der Waals surface area contributed by atoms with Crippen LogP contribution in [0.3, 0.4) is 0 Å². The molecule has 29 heavy (non-hydrogen) atoms. The zero-order valence-corrected chi connectivity index (χ0v) is 16.1. The molecule has 8 heteroatoms. The number of H-pyrrole nitrogens is 1. The molecule has 0 aliphatic rings. The van der Waals surface area contributed by atoms with E-state index in [9.17, 15) is 14.7 Å². The van der Waals surface area contributed by atoms with Crippen molar-refractivity contribution in [3.63, 3.8) is 0 Å². The molecule has 0 atom stereocenters. The van der Waals surface area contributed by atoms with Crippen LogP contribution in [0.15, 0.2) is 54.2 Å². The fourth-order valence-corrected chi connectivity index (χ4v) is 2.68. The molecule has 0 unspecified atom stereocenters. The van der Waals surface area contributed by atoms with E-state index in [-0.39, 0.29) is 24.5 Å². The van der Waals surface area contributed by atoms with Crippen LogP contribution in [0.4, 0.5) is 5.69 Å². The van der Waals surface area contributed by atoms with Crippen molar-refractivity contribution in [2.75, 3.05) is 18.5 Å². The third kappa shape index (κ3) is 4.55. The van der Waals surface area contributed by atoms with Gasteiger partial charge in [-0.1, -0.05) is 12.1 Å². The summed E-state index contributed by atoms with van der Waals surface area (Å²) in [6.07, 6.45) is 1.20. The fourth-order valence-electron chi connectivity index (χ4n) is 2.68. The molecule has 8 nitrogen and oxygen atoms in total. The number of anilines is 1. The smallest absolute Gasteiger partial charge is 0.347 e. The highest BCUT2D eigenvalue weighted by Crippen LogP contribution is 2.31. The summed E-state index contributed by atoms with van der Waals surface area (Å²) in [5, 5.41) is 13.2. The Labute approximate surface area is 167 Å². The summed E-state index contributed by atoms with van der Waals surface area (Å²) >= 11 is 0. The Morgan fingerprint density at radius 1 is 1.10 bits per heavy atom. The van der Waals surface area contributed by atoms with E-state index in [0.29, 0.717) is 17.1 Å². The summed E-state index contributed by atoms with van der Waals surface area (Å²) < 4.78 is 9.76. The van der Waals surface area contributed by atoms with Gasteiger partial charge in [0.2, 0.25) is 0 Å². The molecule has 150 valence electrons. The Kier molecular flexibility index (Phi) is 6.13. The maximum atomic E-state index is 12.0. The van der Waals surface area contributed by atoms with Gasteiger partial charge in [-0.25, -0.2) is 14.6 Å². The van der Waals surface area contributed by atoms with Crippen molar-refractivity contribution in [3.8, 4) is 17.1 Å². The number of benzene rings is 2. The molecule has 0 aliphatic carbocycles. The summed E-state index contributed by atoms with van der Waals surface area (Å²) in [5.74, 6) is -1.07. The lowest BCUT2D eigenvalue weighted by molar-refractivity contribution is -0.146. The van der Waals surface area contributed by atoms with Crippen molar-refractivity contribution in [1.82, 2.24) is 9.97 Å². The van der Waals surface area contributed by atoms with Gasteiger partial charge in [-0.05, 0) is 38.1 Å². The van der Waals surface area contributed by atoms with Crippen molar-refractivity contribution < 1.29 is 24.2 Å². The first-order valence-corrected chi connectivity index (χ1v) is 9.12. The SMILES string of the molecule is CCOC(=O)C(=CNc1ccc(-c2nc3ccccc3[nH]2)c(O)c1)C(=O)OCC. The van der Waals surface area contributed by atoms with E-state index < -0.39 is 11.9 Å². The number of aromatic hydroxyl groups is 1. The Morgan fingerprint density at radius 2 is 1.79 bits per heavy atom. The van der Waals surface area contributed by atoms with Crippen LogP contribution in [0.1, 0.15) is 13.8 Å². The number of rotatable bonds is 7. The maximum absolute atomic E-state index is 12.0. The number of phenolic OH excluding ortho intramolecular Hbond substituents is 1. The minimum absolute atomic E-state index is 0.0173. The highest BCUT2D eigenvalue weighted by molar-refractivity contribution is 6.14. The molecule has 1 aromatic heterocycles. The summed E-state index contributed by atoms with van der Waals surface area (Å²) in [6.45, 7) is 3.54.